The zero-order valence-corrected chi connectivity index (χ0v) is 25.3. The van der Waals surface area contributed by atoms with E-state index in [0.29, 0.717) is 37.1 Å². The molecule has 0 radical (unpaired) electrons. The van der Waals surface area contributed by atoms with E-state index in [1.54, 1.807) is 11.0 Å². The van der Waals surface area contributed by atoms with Crippen molar-refractivity contribution in [1.29, 1.82) is 0 Å². The van der Waals surface area contributed by atoms with Gasteiger partial charge in [-0.05, 0) is 76.3 Å². The molecule has 1 aliphatic heterocycles. The normalized spacial score (nSPS) is 23.9. The SMILES string of the molecule is CC[C@@H]1CCN(C(=O)CNC(=O)OC2(C)CCC[C@H]2CCCCC(F)(F)c2nc3ccc(OC)cc3[nH]c2=O)[C@@H]1C(C)=O. The monoisotopic (exact) mass is 604 g/mol. The van der Waals surface area contributed by atoms with Crippen LogP contribution < -0.4 is 15.6 Å². The fourth-order valence-electron chi connectivity index (χ4n) is 6.70. The number of halogens is 2. The highest BCUT2D eigenvalue weighted by Crippen LogP contribution is 2.42. The third kappa shape index (κ3) is 7.33. The molecule has 43 heavy (non-hydrogen) atoms. The Morgan fingerprint density at radius 3 is 2.70 bits per heavy atom. The lowest BCUT2D eigenvalue weighted by atomic mass is 9.87. The number of aromatic amines is 1. The number of ether oxygens (including phenoxy) is 2. The van der Waals surface area contributed by atoms with Crippen LogP contribution in [-0.4, -0.2) is 64.5 Å². The molecule has 4 atom stereocenters. The zero-order chi connectivity index (χ0) is 31.4. The van der Waals surface area contributed by atoms with Gasteiger partial charge in [-0.15, -0.1) is 0 Å². The van der Waals surface area contributed by atoms with E-state index in [2.05, 4.69) is 15.3 Å². The van der Waals surface area contributed by atoms with E-state index in [1.807, 2.05) is 13.8 Å². The van der Waals surface area contributed by atoms with Crippen molar-refractivity contribution in [2.45, 2.75) is 96.1 Å². The number of carbonyl (C=O) groups is 3. The number of alkyl carbamates (subject to hydrolysis) is 1. The van der Waals surface area contributed by atoms with Gasteiger partial charge in [0.15, 0.2) is 11.5 Å². The highest BCUT2D eigenvalue weighted by molar-refractivity contribution is 5.90. The Bertz CT molecular complexity index is 1400. The molecule has 2 amide bonds. The number of aromatic nitrogens is 2. The van der Waals surface area contributed by atoms with E-state index >= 15 is 8.78 Å². The van der Waals surface area contributed by atoms with Crippen molar-refractivity contribution in [1.82, 2.24) is 20.2 Å². The number of Topliss-reactive ketones (excluding diaryl/α,β-unsaturated/α-hetero) is 1. The van der Waals surface area contributed by atoms with E-state index in [-0.39, 0.29) is 42.0 Å². The number of unbranched alkanes of at least 4 members (excludes halogenated alkanes) is 1. The van der Waals surface area contributed by atoms with Gasteiger partial charge in [-0.3, -0.25) is 14.4 Å². The number of H-pyrrole nitrogens is 1. The van der Waals surface area contributed by atoms with Gasteiger partial charge in [0, 0.05) is 19.0 Å². The average Bonchev–Trinajstić information content (AvgIpc) is 3.56. The van der Waals surface area contributed by atoms with Crippen molar-refractivity contribution in [3.63, 3.8) is 0 Å². The number of fused-ring (bicyclic) bond motifs is 1. The minimum atomic E-state index is -3.41. The second-order valence-electron chi connectivity index (χ2n) is 12.0. The molecule has 1 unspecified atom stereocenters. The van der Waals surface area contributed by atoms with Gasteiger partial charge in [0.2, 0.25) is 5.91 Å². The highest BCUT2D eigenvalue weighted by Gasteiger charge is 2.43. The molecule has 0 spiro atoms. The average molecular weight is 605 g/mol. The number of carbonyl (C=O) groups excluding carboxylic acids is 3. The van der Waals surface area contributed by atoms with E-state index < -0.39 is 41.3 Å². The molecule has 1 aliphatic carbocycles. The maximum Gasteiger partial charge on any atom is 0.408 e. The largest absolute Gasteiger partial charge is 0.497 e. The summed E-state index contributed by atoms with van der Waals surface area (Å²) in [5, 5.41) is 2.54. The van der Waals surface area contributed by atoms with Crippen LogP contribution in [-0.2, 0) is 20.2 Å². The molecule has 0 bridgehead atoms. The van der Waals surface area contributed by atoms with Crippen LogP contribution in [0.5, 0.6) is 5.75 Å². The number of likely N-dealkylation sites (tertiary alicyclic amines) is 1. The smallest absolute Gasteiger partial charge is 0.408 e. The first kappa shape index (κ1) is 32.3. The Morgan fingerprint density at radius 2 is 2.00 bits per heavy atom. The summed E-state index contributed by atoms with van der Waals surface area (Å²) in [6.45, 7) is 5.55. The van der Waals surface area contributed by atoms with Gasteiger partial charge in [-0.2, -0.15) is 8.78 Å². The molecular formula is C31H42F2N4O6. The van der Waals surface area contributed by atoms with Crippen molar-refractivity contribution in [2.24, 2.45) is 11.8 Å². The first-order chi connectivity index (χ1) is 20.4. The minimum absolute atomic E-state index is 0.0225. The number of hydrogen-bond acceptors (Lipinski definition) is 7. The van der Waals surface area contributed by atoms with E-state index in [0.717, 1.165) is 25.7 Å². The van der Waals surface area contributed by atoms with Crippen LogP contribution in [0.25, 0.3) is 11.0 Å². The third-order valence-corrected chi connectivity index (χ3v) is 9.12. The van der Waals surface area contributed by atoms with Crippen molar-refractivity contribution < 1.29 is 32.6 Å². The van der Waals surface area contributed by atoms with Gasteiger partial charge in [0.1, 0.15) is 17.9 Å². The second kappa shape index (κ2) is 13.4. The Morgan fingerprint density at radius 1 is 1.23 bits per heavy atom. The van der Waals surface area contributed by atoms with Crippen LogP contribution in [0.3, 0.4) is 0 Å². The third-order valence-electron chi connectivity index (χ3n) is 9.12. The molecule has 2 N–H and O–H groups in total. The number of methoxy groups -OCH3 is 1. The highest BCUT2D eigenvalue weighted by atomic mass is 19.3. The Balaban J connectivity index is 1.27. The molecule has 1 saturated carbocycles. The second-order valence-corrected chi connectivity index (χ2v) is 12.0. The fraction of sp³-hybridized carbons (Fsp3) is 0.645. The van der Waals surface area contributed by atoms with E-state index in [9.17, 15) is 19.2 Å². The van der Waals surface area contributed by atoms with E-state index in [1.165, 1.54) is 26.2 Å². The fourth-order valence-corrected chi connectivity index (χ4v) is 6.70. The summed E-state index contributed by atoms with van der Waals surface area (Å²) >= 11 is 0. The summed E-state index contributed by atoms with van der Waals surface area (Å²) in [5.74, 6) is -3.20. The van der Waals surface area contributed by atoms with Crippen LogP contribution in [0, 0.1) is 11.8 Å². The van der Waals surface area contributed by atoms with Gasteiger partial charge in [-0.1, -0.05) is 19.8 Å². The molecule has 12 heteroatoms. The summed E-state index contributed by atoms with van der Waals surface area (Å²) in [4.78, 5) is 58.0. The van der Waals surface area contributed by atoms with Gasteiger partial charge in [-0.25, -0.2) is 9.78 Å². The summed E-state index contributed by atoms with van der Waals surface area (Å²) in [6, 6.07) is 4.18. The van der Waals surface area contributed by atoms with Crippen molar-refractivity contribution >= 4 is 28.8 Å². The molecule has 1 aromatic carbocycles. The first-order valence-electron chi connectivity index (χ1n) is 15.1. The van der Waals surface area contributed by atoms with Gasteiger partial charge >= 0.3 is 6.09 Å². The number of hydrogen-bond donors (Lipinski definition) is 2. The predicted molar refractivity (Wildman–Crippen MR) is 156 cm³/mol. The topological polar surface area (TPSA) is 131 Å². The maximum atomic E-state index is 15.1. The molecule has 1 aromatic heterocycles. The number of rotatable bonds is 12. The Hall–Kier alpha value is -3.57. The molecule has 1 saturated heterocycles. The number of amides is 2. The number of ketones is 1. The summed E-state index contributed by atoms with van der Waals surface area (Å²) < 4.78 is 41.0. The molecule has 2 aliphatic rings. The minimum Gasteiger partial charge on any atom is -0.497 e. The molecule has 4 rings (SSSR count). The lowest BCUT2D eigenvalue weighted by molar-refractivity contribution is -0.137. The summed E-state index contributed by atoms with van der Waals surface area (Å²) in [5.41, 5.74) is -1.95. The van der Waals surface area contributed by atoms with Gasteiger partial charge < -0.3 is 24.7 Å². The molecule has 2 heterocycles. The predicted octanol–water partition coefficient (Wildman–Crippen LogP) is 5.09. The number of benzene rings is 1. The van der Waals surface area contributed by atoms with Crippen molar-refractivity contribution in [3.8, 4) is 5.75 Å². The number of nitrogens with zero attached hydrogens (tertiary/aromatic N) is 2. The quantitative estimate of drug-likeness (QED) is 0.323. The van der Waals surface area contributed by atoms with Gasteiger partial charge in [0.05, 0.1) is 24.2 Å². The molecule has 236 valence electrons. The molecule has 2 fully saturated rings. The van der Waals surface area contributed by atoms with Crippen molar-refractivity contribution in [2.75, 3.05) is 20.2 Å². The van der Waals surface area contributed by atoms with Crippen LogP contribution >= 0.6 is 0 Å². The van der Waals surface area contributed by atoms with Crippen LogP contribution in [0.1, 0.15) is 84.3 Å². The Labute approximate surface area is 249 Å². The summed E-state index contributed by atoms with van der Waals surface area (Å²) in [7, 11) is 1.47. The maximum absolute atomic E-state index is 15.1. The molecular weight excluding hydrogens is 562 g/mol. The van der Waals surface area contributed by atoms with Crippen LogP contribution in [0.4, 0.5) is 13.6 Å². The molecule has 10 nitrogen and oxygen atoms in total. The van der Waals surface area contributed by atoms with Crippen LogP contribution in [0.2, 0.25) is 0 Å². The lowest BCUT2D eigenvalue weighted by Crippen LogP contribution is -2.48. The summed E-state index contributed by atoms with van der Waals surface area (Å²) in [6.07, 6.45) is 3.77. The number of nitrogens with one attached hydrogen (secondary N) is 2. The molecule has 2 aromatic rings. The van der Waals surface area contributed by atoms with Crippen molar-refractivity contribution in [3.05, 3.63) is 34.2 Å². The zero-order valence-electron chi connectivity index (χ0n) is 25.3. The standard InChI is InChI=1S/C31H42F2N4O6/c1-5-20-13-16-37(26(20)19(2)38)25(39)18-34-29(41)43-30(3)14-8-10-21(30)9-6-7-15-31(32,33)27-28(40)36-24-17-22(42-4)11-12-23(24)35-27/h11-12,17,20-21,26H,5-10,13-16,18H2,1-4H3,(H,34,41)(H,36,40)/t20-,21-,26-,30?/m1/s1. The first-order valence-corrected chi connectivity index (χ1v) is 15.1. The van der Waals surface area contributed by atoms with E-state index in [4.69, 9.17) is 9.47 Å². The van der Waals surface area contributed by atoms with Gasteiger partial charge in [0.25, 0.3) is 11.5 Å². The van der Waals surface area contributed by atoms with Crippen LogP contribution in [0.15, 0.2) is 23.0 Å². The Kier molecular flexibility index (Phi) is 10.1. The lowest BCUT2D eigenvalue weighted by Gasteiger charge is -2.32. The number of alkyl halides is 2.